The zero-order valence-electron chi connectivity index (χ0n) is 9.82. The quantitative estimate of drug-likeness (QED) is 0.894. The number of nitrogens with two attached hydrogens (primary N) is 1. The summed E-state index contributed by atoms with van der Waals surface area (Å²) in [4.78, 5) is 3.96. The third-order valence-corrected chi connectivity index (χ3v) is 5.07. The molecule has 2 aromatic heterocycles. The number of nitrogens with zero attached hydrogens (tertiary/aromatic N) is 3. The predicted molar refractivity (Wildman–Crippen MR) is 66.4 cm³/mol. The minimum atomic E-state index is -3.71. The highest BCUT2D eigenvalue weighted by atomic mass is 32.2. The van der Waals surface area contributed by atoms with Crippen molar-refractivity contribution in [2.45, 2.75) is 18.4 Å². The third kappa shape index (κ3) is 2.24. The van der Waals surface area contributed by atoms with Gasteiger partial charge < -0.3 is 10.3 Å². The maximum atomic E-state index is 12.3. The van der Waals surface area contributed by atoms with Gasteiger partial charge in [0.1, 0.15) is 5.01 Å². The van der Waals surface area contributed by atoms with E-state index in [9.17, 15) is 8.42 Å². The maximum absolute atomic E-state index is 12.3. The average molecular weight is 288 g/mol. The van der Waals surface area contributed by atoms with E-state index in [1.165, 1.54) is 29.6 Å². The summed E-state index contributed by atoms with van der Waals surface area (Å²) < 4.78 is 30.5. The van der Waals surface area contributed by atoms with Crippen molar-refractivity contribution in [2.24, 2.45) is 0 Å². The van der Waals surface area contributed by atoms with Crippen molar-refractivity contribution in [1.82, 2.24) is 14.4 Å². The SMILES string of the molecule is Cc1onc(N)c1S(=O)(=O)N(C)Cc1nccs1. The Morgan fingerprint density at radius 3 is 2.78 bits per heavy atom. The fourth-order valence-electron chi connectivity index (χ4n) is 1.46. The van der Waals surface area contributed by atoms with Crippen LogP contribution in [0, 0.1) is 6.92 Å². The number of sulfonamides is 1. The van der Waals surface area contributed by atoms with Gasteiger partial charge in [0.25, 0.3) is 0 Å². The molecule has 18 heavy (non-hydrogen) atoms. The molecule has 0 spiro atoms. The number of rotatable bonds is 4. The van der Waals surface area contributed by atoms with Crippen LogP contribution in [-0.2, 0) is 16.6 Å². The lowest BCUT2D eigenvalue weighted by Crippen LogP contribution is -2.27. The van der Waals surface area contributed by atoms with E-state index >= 15 is 0 Å². The zero-order chi connectivity index (χ0) is 13.3. The molecular formula is C9H12N4O3S2. The Morgan fingerprint density at radius 1 is 1.56 bits per heavy atom. The normalized spacial score (nSPS) is 12.2. The molecule has 9 heteroatoms. The molecule has 0 amide bonds. The first-order chi connectivity index (χ1) is 8.43. The van der Waals surface area contributed by atoms with E-state index in [-0.39, 0.29) is 23.0 Å². The molecule has 0 bridgehead atoms. The molecule has 0 aliphatic heterocycles. The fraction of sp³-hybridized carbons (Fsp3) is 0.333. The van der Waals surface area contributed by atoms with Crippen LogP contribution in [0.4, 0.5) is 5.82 Å². The number of hydrogen-bond donors (Lipinski definition) is 1. The van der Waals surface area contributed by atoms with E-state index in [2.05, 4.69) is 10.1 Å². The topological polar surface area (TPSA) is 102 Å². The largest absolute Gasteiger partial charge is 0.380 e. The van der Waals surface area contributed by atoms with Gasteiger partial charge in [0.05, 0.1) is 6.54 Å². The predicted octanol–water partition coefficient (Wildman–Crippen LogP) is 0.842. The molecule has 2 rings (SSSR count). The summed E-state index contributed by atoms with van der Waals surface area (Å²) >= 11 is 1.39. The molecule has 2 heterocycles. The van der Waals surface area contributed by atoms with Gasteiger partial charge in [-0.2, -0.15) is 4.31 Å². The third-order valence-electron chi connectivity index (χ3n) is 2.34. The lowest BCUT2D eigenvalue weighted by Gasteiger charge is -2.14. The molecule has 2 N–H and O–H groups in total. The van der Waals surface area contributed by atoms with Gasteiger partial charge in [-0.25, -0.2) is 13.4 Å². The fourth-order valence-corrected chi connectivity index (χ4v) is 3.51. The van der Waals surface area contributed by atoms with Crippen molar-refractivity contribution in [3.05, 3.63) is 22.3 Å². The standard InChI is InChI=1S/C9H12N4O3S2/c1-6-8(9(10)12-16-6)18(14,15)13(2)5-7-11-3-4-17-7/h3-4H,5H2,1-2H3,(H2,10,12). The Labute approximate surface area is 108 Å². The van der Waals surface area contributed by atoms with E-state index in [0.29, 0.717) is 5.01 Å². The molecule has 0 saturated carbocycles. The van der Waals surface area contributed by atoms with Crippen molar-refractivity contribution >= 4 is 27.2 Å². The second-order valence-corrected chi connectivity index (χ2v) is 6.60. The highest BCUT2D eigenvalue weighted by Gasteiger charge is 2.29. The lowest BCUT2D eigenvalue weighted by atomic mass is 10.5. The second kappa shape index (κ2) is 4.67. The van der Waals surface area contributed by atoms with Crippen molar-refractivity contribution in [3.8, 4) is 0 Å². The molecule has 2 aromatic rings. The molecule has 0 radical (unpaired) electrons. The second-order valence-electron chi connectivity index (χ2n) is 3.64. The van der Waals surface area contributed by atoms with E-state index in [0.717, 1.165) is 0 Å². The van der Waals surface area contributed by atoms with Crippen LogP contribution in [0.2, 0.25) is 0 Å². The average Bonchev–Trinajstić information content (AvgIpc) is 2.89. The molecule has 0 saturated heterocycles. The van der Waals surface area contributed by atoms with Crippen molar-refractivity contribution < 1.29 is 12.9 Å². The van der Waals surface area contributed by atoms with Crippen LogP contribution in [0.1, 0.15) is 10.8 Å². The summed E-state index contributed by atoms with van der Waals surface area (Å²) in [5.74, 6) is 0.0528. The van der Waals surface area contributed by atoms with Crippen molar-refractivity contribution in [3.63, 3.8) is 0 Å². The number of nitrogen functional groups attached to an aromatic ring is 1. The van der Waals surface area contributed by atoms with Gasteiger partial charge in [0, 0.05) is 18.6 Å². The Balaban J connectivity index is 2.32. The monoisotopic (exact) mass is 288 g/mol. The highest BCUT2D eigenvalue weighted by molar-refractivity contribution is 7.89. The number of thiazole rings is 1. The van der Waals surface area contributed by atoms with Crippen molar-refractivity contribution in [1.29, 1.82) is 0 Å². The Bertz CT molecular complexity index is 613. The van der Waals surface area contributed by atoms with Crippen LogP contribution in [0.25, 0.3) is 0 Å². The number of aromatic nitrogens is 2. The zero-order valence-corrected chi connectivity index (χ0v) is 11.5. The summed E-state index contributed by atoms with van der Waals surface area (Å²) in [6.07, 6.45) is 1.62. The van der Waals surface area contributed by atoms with E-state index < -0.39 is 10.0 Å². The highest BCUT2D eigenvalue weighted by Crippen LogP contribution is 2.25. The van der Waals surface area contributed by atoms with Gasteiger partial charge in [-0.05, 0) is 6.92 Å². The van der Waals surface area contributed by atoms with Crippen LogP contribution in [0.5, 0.6) is 0 Å². The summed E-state index contributed by atoms with van der Waals surface area (Å²) in [5, 5.41) is 5.93. The van der Waals surface area contributed by atoms with Gasteiger partial charge in [0.2, 0.25) is 10.0 Å². The summed E-state index contributed by atoms with van der Waals surface area (Å²) in [7, 11) is -2.25. The Hall–Kier alpha value is -1.45. The number of hydrogen-bond acceptors (Lipinski definition) is 7. The van der Waals surface area contributed by atoms with Gasteiger partial charge in [0.15, 0.2) is 16.5 Å². The van der Waals surface area contributed by atoms with E-state index in [1.54, 1.807) is 11.6 Å². The summed E-state index contributed by atoms with van der Waals surface area (Å²) in [6, 6.07) is 0. The smallest absolute Gasteiger partial charge is 0.250 e. The van der Waals surface area contributed by atoms with E-state index in [1.807, 2.05) is 0 Å². The van der Waals surface area contributed by atoms with Crippen LogP contribution in [0.3, 0.4) is 0 Å². The molecule has 0 atom stereocenters. The molecule has 98 valence electrons. The first kappa shape index (κ1) is 13.0. The van der Waals surface area contributed by atoms with Gasteiger partial charge in [-0.15, -0.1) is 11.3 Å². The van der Waals surface area contributed by atoms with Crippen molar-refractivity contribution in [2.75, 3.05) is 12.8 Å². The minimum Gasteiger partial charge on any atom is -0.380 e. The number of anilines is 1. The Kier molecular flexibility index (Phi) is 3.37. The molecule has 0 aliphatic rings. The van der Waals surface area contributed by atoms with Gasteiger partial charge in [-0.1, -0.05) is 5.16 Å². The Morgan fingerprint density at radius 2 is 2.28 bits per heavy atom. The van der Waals surface area contributed by atoms with Crippen LogP contribution < -0.4 is 5.73 Å². The van der Waals surface area contributed by atoms with Crippen LogP contribution in [-0.4, -0.2) is 29.9 Å². The molecular weight excluding hydrogens is 276 g/mol. The van der Waals surface area contributed by atoms with Crippen LogP contribution >= 0.6 is 11.3 Å². The molecule has 7 nitrogen and oxygen atoms in total. The van der Waals surface area contributed by atoms with Gasteiger partial charge in [-0.3, -0.25) is 0 Å². The first-order valence-corrected chi connectivity index (χ1v) is 7.31. The van der Waals surface area contributed by atoms with Crippen LogP contribution in [0.15, 0.2) is 21.0 Å². The molecule has 0 unspecified atom stereocenters. The summed E-state index contributed by atoms with van der Waals surface area (Å²) in [5.41, 5.74) is 5.51. The van der Waals surface area contributed by atoms with Gasteiger partial charge >= 0.3 is 0 Å². The molecule has 0 aliphatic carbocycles. The maximum Gasteiger partial charge on any atom is 0.250 e. The lowest BCUT2D eigenvalue weighted by molar-refractivity contribution is 0.395. The van der Waals surface area contributed by atoms with E-state index in [4.69, 9.17) is 10.3 Å². The molecule has 0 aromatic carbocycles. The first-order valence-electron chi connectivity index (χ1n) is 4.99. The summed E-state index contributed by atoms with van der Waals surface area (Å²) in [6.45, 7) is 1.69. The molecule has 0 fully saturated rings. The minimum absolute atomic E-state index is 0.0819. The number of aryl methyl sites for hydroxylation is 1.